The topological polar surface area (TPSA) is 96.7 Å². The molecule has 1 spiro atoms. The number of para-hydroxylation sites is 1. The van der Waals surface area contributed by atoms with E-state index >= 15 is 0 Å². The van der Waals surface area contributed by atoms with E-state index in [0.29, 0.717) is 24.2 Å². The van der Waals surface area contributed by atoms with Crippen molar-refractivity contribution in [2.75, 3.05) is 18.9 Å². The number of rotatable bonds is 4. The first-order valence-corrected chi connectivity index (χ1v) is 10.5. The smallest absolute Gasteiger partial charge is 0.318 e. The Hall–Kier alpha value is -3.36. The van der Waals surface area contributed by atoms with Crippen LogP contribution in [0.2, 0.25) is 0 Å². The lowest BCUT2D eigenvalue weighted by Crippen LogP contribution is -2.49. The molecule has 1 N–H and O–H groups in total. The molecule has 0 unspecified atom stereocenters. The summed E-state index contributed by atoms with van der Waals surface area (Å²) >= 11 is 0. The molecule has 31 heavy (non-hydrogen) atoms. The van der Waals surface area contributed by atoms with Crippen LogP contribution >= 0.6 is 0 Å². The molecule has 4 amide bonds. The highest BCUT2D eigenvalue weighted by Crippen LogP contribution is 2.39. The quantitative estimate of drug-likeness (QED) is 0.758. The van der Waals surface area contributed by atoms with E-state index in [1.165, 1.54) is 9.58 Å². The monoisotopic (exact) mass is 425 g/mol. The number of anilines is 1. The predicted octanol–water partition coefficient (Wildman–Crippen LogP) is 2.02. The number of amides is 4. The van der Waals surface area contributed by atoms with Crippen LogP contribution in [-0.4, -0.2) is 56.1 Å². The average Bonchev–Trinajstić information content (AvgIpc) is 3.08. The Morgan fingerprint density at radius 1 is 1.03 bits per heavy atom. The minimum absolute atomic E-state index is 0.135. The molecule has 1 saturated heterocycles. The molecular formula is C22H27N5O4. The first-order chi connectivity index (χ1) is 14.8. The van der Waals surface area contributed by atoms with Gasteiger partial charge in [0.1, 0.15) is 17.8 Å². The van der Waals surface area contributed by atoms with Gasteiger partial charge in [-0.1, -0.05) is 37.5 Å². The molecule has 0 atom stereocenters. The van der Waals surface area contributed by atoms with Crippen LogP contribution in [0, 0.1) is 6.92 Å². The number of nitrogens with zero attached hydrogens (tertiary/aromatic N) is 4. The highest BCUT2D eigenvalue weighted by atomic mass is 16.2. The van der Waals surface area contributed by atoms with Crippen LogP contribution in [0.4, 0.5) is 10.5 Å². The van der Waals surface area contributed by atoms with Crippen LogP contribution in [0.5, 0.6) is 0 Å². The zero-order valence-electron chi connectivity index (χ0n) is 18.1. The van der Waals surface area contributed by atoms with Gasteiger partial charge in [-0.25, -0.2) is 9.48 Å². The molecule has 1 saturated carbocycles. The van der Waals surface area contributed by atoms with E-state index in [1.807, 2.05) is 18.2 Å². The molecule has 1 aliphatic heterocycles. The fraction of sp³-hybridized carbons (Fsp3) is 0.455. The molecule has 0 radical (unpaired) electrons. The summed E-state index contributed by atoms with van der Waals surface area (Å²) in [5, 5.41) is 2.63. The number of likely N-dealkylation sites (N-methyl/N-ethyl adjacent to an activating group) is 1. The molecule has 0 bridgehead atoms. The molecule has 2 fully saturated rings. The summed E-state index contributed by atoms with van der Waals surface area (Å²) in [6, 6.07) is 8.64. The van der Waals surface area contributed by atoms with Crippen LogP contribution in [0.15, 0.2) is 35.1 Å². The number of carbonyl (C=O) groups is 3. The SMILES string of the molecule is Cc1c(NC(=O)CN2C(=O)N(C)C3(CCCCC3)C2=O)c(=O)n(-c2ccccc2)n1C. The minimum Gasteiger partial charge on any atom is -0.318 e. The fourth-order valence-electron chi connectivity index (χ4n) is 4.71. The van der Waals surface area contributed by atoms with Gasteiger partial charge in [-0.15, -0.1) is 0 Å². The summed E-state index contributed by atoms with van der Waals surface area (Å²) in [4.78, 5) is 54.1. The van der Waals surface area contributed by atoms with Crippen LogP contribution < -0.4 is 10.9 Å². The van der Waals surface area contributed by atoms with Crippen LogP contribution in [-0.2, 0) is 16.6 Å². The molecule has 164 valence electrons. The number of benzene rings is 1. The van der Waals surface area contributed by atoms with E-state index in [1.54, 1.807) is 37.8 Å². The third kappa shape index (κ3) is 3.24. The molecule has 2 aromatic rings. The van der Waals surface area contributed by atoms with Crippen molar-refractivity contribution in [3.8, 4) is 5.69 Å². The van der Waals surface area contributed by atoms with Crippen molar-refractivity contribution in [1.82, 2.24) is 19.2 Å². The van der Waals surface area contributed by atoms with Gasteiger partial charge in [0.05, 0.1) is 11.4 Å². The summed E-state index contributed by atoms with van der Waals surface area (Å²) in [5.41, 5.74) is 0.167. The van der Waals surface area contributed by atoms with Crippen molar-refractivity contribution >= 4 is 23.5 Å². The van der Waals surface area contributed by atoms with Crippen LogP contribution in [0.1, 0.15) is 37.8 Å². The van der Waals surface area contributed by atoms with Crippen molar-refractivity contribution in [3.05, 3.63) is 46.4 Å². The number of nitrogens with one attached hydrogen (secondary N) is 1. The Morgan fingerprint density at radius 3 is 2.32 bits per heavy atom. The van der Waals surface area contributed by atoms with Gasteiger partial charge < -0.3 is 10.2 Å². The van der Waals surface area contributed by atoms with Crippen LogP contribution in [0.3, 0.4) is 0 Å². The third-order valence-electron chi connectivity index (χ3n) is 6.60. The van der Waals surface area contributed by atoms with Gasteiger partial charge in [-0.2, -0.15) is 0 Å². The molecule has 2 aliphatic rings. The van der Waals surface area contributed by atoms with E-state index in [-0.39, 0.29) is 17.2 Å². The second-order valence-electron chi connectivity index (χ2n) is 8.31. The lowest BCUT2D eigenvalue weighted by atomic mass is 9.81. The second-order valence-corrected chi connectivity index (χ2v) is 8.31. The Morgan fingerprint density at radius 2 is 1.68 bits per heavy atom. The zero-order valence-corrected chi connectivity index (χ0v) is 18.1. The van der Waals surface area contributed by atoms with Crippen molar-refractivity contribution in [2.24, 2.45) is 7.05 Å². The number of imide groups is 1. The van der Waals surface area contributed by atoms with Crippen molar-refractivity contribution in [1.29, 1.82) is 0 Å². The van der Waals surface area contributed by atoms with Gasteiger partial charge in [0, 0.05) is 14.1 Å². The normalized spacial score (nSPS) is 18.2. The Bertz CT molecular complexity index is 1100. The molecule has 9 nitrogen and oxygen atoms in total. The van der Waals surface area contributed by atoms with E-state index in [4.69, 9.17) is 0 Å². The predicted molar refractivity (Wildman–Crippen MR) is 115 cm³/mol. The second kappa shape index (κ2) is 7.72. The van der Waals surface area contributed by atoms with Crippen molar-refractivity contribution in [2.45, 2.75) is 44.6 Å². The number of aromatic nitrogens is 2. The molecule has 1 aromatic heterocycles. The maximum absolute atomic E-state index is 13.1. The maximum atomic E-state index is 13.1. The van der Waals surface area contributed by atoms with Crippen molar-refractivity contribution < 1.29 is 14.4 Å². The van der Waals surface area contributed by atoms with Crippen molar-refractivity contribution in [3.63, 3.8) is 0 Å². The summed E-state index contributed by atoms with van der Waals surface area (Å²) in [7, 11) is 3.36. The van der Waals surface area contributed by atoms with Gasteiger partial charge in [-0.3, -0.25) is 24.0 Å². The van der Waals surface area contributed by atoms with E-state index in [0.717, 1.165) is 24.2 Å². The first-order valence-electron chi connectivity index (χ1n) is 10.5. The van der Waals surface area contributed by atoms with Gasteiger partial charge in [0.2, 0.25) is 5.91 Å². The van der Waals surface area contributed by atoms with Gasteiger partial charge in [-0.05, 0) is 31.9 Å². The summed E-state index contributed by atoms with van der Waals surface area (Å²) < 4.78 is 3.12. The molecule has 1 aromatic carbocycles. The summed E-state index contributed by atoms with van der Waals surface area (Å²) in [6.45, 7) is 1.32. The van der Waals surface area contributed by atoms with Gasteiger partial charge in [0.25, 0.3) is 11.5 Å². The highest BCUT2D eigenvalue weighted by molar-refractivity contribution is 6.10. The molecule has 9 heteroatoms. The molecule has 4 rings (SSSR count). The lowest BCUT2D eigenvalue weighted by Gasteiger charge is -2.35. The Balaban J connectivity index is 1.56. The number of urea groups is 1. The first kappa shape index (κ1) is 20.9. The van der Waals surface area contributed by atoms with Crippen LogP contribution in [0.25, 0.3) is 5.69 Å². The molecular weight excluding hydrogens is 398 g/mol. The van der Waals surface area contributed by atoms with E-state index < -0.39 is 24.0 Å². The summed E-state index contributed by atoms with van der Waals surface area (Å²) in [5.74, 6) is -0.893. The number of carbonyl (C=O) groups excluding carboxylic acids is 3. The van der Waals surface area contributed by atoms with E-state index in [2.05, 4.69) is 5.32 Å². The lowest BCUT2D eigenvalue weighted by molar-refractivity contribution is -0.136. The standard InChI is InChI=1S/C22H27N5O4/c1-15-18(19(29)27(25(15)3)16-10-6-4-7-11-16)23-17(28)14-26-20(30)22(24(2)21(26)31)12-8-5-9-13-22/h4,6-7,10-11H,5,8-9,12-14H2,1-3H3,(H,23,28). The average molecular weight is 425 g/mol. The largest absolute Gasteiger partial charge is 0.327 e. The minimum atomic E-state index is -0.835. The fourth-order valence-corrected chi connectivity index (χ4v) is 4.71. The summed E-state index contributed by atoms with van der Waals surface area (Å²) in [6.07, 6.45) is 4.04. The maximum Gasteiger partial charge on any atom is 0.327 e. The number of hydrogen-bond acceptors (Lipinski definition) is 4. The highest BCUT2D eigenvalue weighted by Gasteiger charge is 2.55. The van der Waals surface area contributed by atoms with Gasteiger partial charge >= 0.3 is 6.03 Å². The third-order valence-corrected chi connectivity index (χ3v) is 6.60. The zero-order chi connectivity index (χ0) is 22.3. The molecule has 2 heterocycles. The molecule has 1 aliphatic carbocycles. The van der Waals surface area contributed by atoms with Gasteiger partial charge in [0.15, 0.2) is 0 Å². The Kier molecular flexibility index (Phi) is 5.20. The Labute approximate surface area is 180 Å². The number of hydrogen-bond donors (Lipinski definition) is 1. The van der Waals surface area contributed by atoms with E-state index in [9.17, 15) is 19.2 Å².